The number of aliphatic imine (C=N–C) groups is 1. The molecule has 0 fully saturated rings. The molecule has 2 N–H and O–H groups in total. The average molecular weight is 631 g/mol. The quantitative estimate of drug-likeness (QED) is 0.199. The van der Waals surface area contributed by atoms with Crippen LogP contribution in [-0.4, -0.2) is 41.3 Å². The van der Waals surface area contributed by atoms with Crippen molar-refractivity contribution in [1.29, 1.82) is 0 Å². The van der Waals surface area contributed by atoms with Crippen molar-refractivity contribution in [2.75, 3.05) is 0 Å². The van der Waals surface area contributed by atoms with Gasteiger partial charge in [-0.3, -0.25) is 9.69 Å². The highest BCUT2D eigenvalue weighted by Crippen LogP contribution is 2.46. The highest BCUT2D eigenvalue weighted by molar-refractivity contribution is 6.32. The molecule has 0 aliphatic carbocycles. The van der Waals surface area contributed by atoms with E-state index in [4.69, 9.17) is 22.3 Å². The Morgan fingerprint density at radius 2 is 1.73 bits per heavy atom. The van der Waals surface area contributed by atoms with E-state index in [0.29, 0.717) is 39.8 Å². The second-order valence-corrected chi connectivity index (χ2v) is 12.2. The predicted molar refractivity (Wildman–Crippen MR) is 157 cm³/mol. The normalized spacial score (nSPS) is 18.0. The molecule has 1 aliphatic heterocycles. The van der Waals surface area contributed by atoms with E-state index in [9.17, 15) is 22.4 Å². The van der Waals surface area contributed by atoms with Crippen LogP contribution in [0.1, 0.15) is 76.5 Å². The maximum absolute atomic E-state index is 14.5. The van der Waals surface area contributed by atoms with Crippen LogP contribution in [0.5, 0.6) is 0 Å². The van der Waals surface area contributed by atoms with Crippen LogP contribution in [0.25, 0.3) is 16.8 Å². The molecule has 0 saturated heterocycles. The fourth-order valence-electron chi connectivity index (χ4n) is 5.66. The largest absolute Gasteiger partial charge is 0.369 e. The van der Waals surface area contributed by atoms with Crippen molar-refractivity contribution in [3.8, 4) is 16.8 Å². The van der Waals surface area contributed by atoms with Crippen LogP contribution in [0, 0.1) is 5.41 Å². The van der Waals surface area contributed by atoms with Gasteiger partial charge in [0, 0.05) is 11.8 Å². The van der Waals surface area contributed by atoms with Gasteiger partial charge in [-0.1, -0.05) is 69.6 Å². The molecule has 3 heterocycles. The lowest BCUT2D eigenvalue weighted by molar-refractivity contribution is -0.134. The monoisotopic (exact) mass is 630 g/mol. The molecule has 44 heavy (non-hydrogen) atoms. The minimum atomic E-state index is -2.88. The molecule has 232 valence electrons. The standard InChI is InChI=1S/C30H31ClF4N8O/c1-5-22(18-8-11-21(31)23(12-18)43-25(24(32)33)37-16-39-43)42-26(44)30(40-28(42)36,15-29(2,3)4)20-9-6-17(7-10-20)19-13-38-41(14-19)27(34)35/h6-14,16,22,24,27H,5,15H2,1-4H3,(H2,36,40)/t22-,30-/m1/s1. The Bertz CT molecular complexity index is 1700. The van der Waals surface area contributed by atoms with Crippen molar-refractivity contribution in [2.24, 2.45) is 16.1 Å². The smallest absolute Gasteiger partial charge is 0.333 e. The van der Waals surface area contributed by atoms with Gasteiger partial charge in [0.1, 0.15) is 6.33 Å². The fraction of sp³-hybridized carbons (Fsp3) is 0.367. The van der Waals surface area contributed by atoms with Gasteiger partial charge < -0.3 is 5.73 Å². The van der Waals surface area contributed by atoms with E-state index < -0.39 is 30.4 Å². The second-order valence-electron chi connectivity index (χ2n) is 11.8. The summed E-state index contributed by atoms with van der Waals surface area (Å²) < 4.78 is 54.9. The van der Waals surface area contributed by atoms with Gasteiger partial charge >= 0.3 is 6.55 Å². The topological polar surface area (TPSA) is 107 Å². The number of benzene rings is 2. The molecule has 0 radical (unpaired) electrons. The SMILES string of the molecule is CC[C@H](c1ccc(Cl)c(-n2ncnc2C(F)F)c1)N1C(=O)[C@@](CC(C)(C)C)(c2ccc(-c3cnn(C(F)F)c3)cc2)N=C1N. The number of hydrogen-bond acceptors (Lipinski definition) is 6. The molecule has 2 atom stereocenters. The first kappa shape index (κ1) is 31.2. The number of carbonyl (C=O) groups excluding carboxylic acids is 1. The molecule has 0 unspecified atom stereocenters. The molecule has 9 nitrogen and oxygen atoms in total. The molecule has 4 aromatic rings. The lowest BCUT2D eigenvalue weighted by Gasteiger charge is -2.34. The third-order valence-electron chi connectivity index (χ3n) is 7.46. The number of nitrogens with zero attached hydrogens (tertiary/aromatic N) is 7. The van der Waals surface area contributed by atoms with Crippen molar-refractivity contribution in [1.82, 2.24) is 29.4 Å². The van der Waals surface area contributed by atoms with E-state index in [2.05, 4.69) is 15.2 Å². The molecule has 2 aromatic carbocycles. The summed E-state index contributed by atoms with van der Waals surface area (Å²) in [5.74, 6) is -0.899. The molecule has 0 spiro atoms. The molecule has 5 rings (SSSR count). The maximum Gasteiger partial charge on any atom is 0.333 e. The van der Waals surface area contributed by atoms with Gasteiger partial charge in [0.15, 0.2) is 17.3 Å². The van der Waals surface area contributed by atoms with Crippen molar-refractivity contribution in [3.63, 3.8) is 0 Å². The summed E-state index contributed by atoms with van der Waals surface area (Å²) >= 11 is 6.40. The zero-order chi connectivity index (χ0) is 32.0. The zero-order valence-electron chi connectivity index (χ0n) is 24.4. The Hall–Kier alpha value is -4.26. The number of amides is 1. The summed E-state index contributed by atoms with van der Waals surface area (Å²) in [4.78, 5) is 24.4. The molecule has 0 bridgehead atoms. The van der Waals surface area contributed by atoms with E-state index in [1.165, 1.54) is 17.3 Å². The Morgan fingerprint density at radius 1 is 1.02 bits per heavy atom. The van der Waals surface area contributed by atoms with Gasteiger partial charge in [-0.15, -0.1) is 0 Å². The summed E-state index contributed by atoms with van der Waals surface area (Å²) in [6.07, 6.45) is 1.47. The average Bonchev–Trinajstić information content (AvgIpc) is 3.70. The van der Waals surface area contributed by atoms with Crippen molar-refractivity contribution in [2.45, 2.75) is 65.1 Å². The van der Waals surface area contributed by atoms with Crippen LogP contribution in [0.4, 0.5) is 17.6 Å². The third-order valence-corrected chi connectivity index (χ3v) is 7.78. The summed E-state index contributed by atoms with van der Waals surface area (Å²) in [7, 11) is 0. The highest BCUT2D eigenvalue weighted by Gasteiger charge is 2.52. The van der Waals surface area contributed by atoms with Crippen LogP contribution in [0.15, 0.2) is 66.2 Å². The minimum absolute atomic E-state index is 0.0129. The minimum Gasteiger partial charge on any atom is -0.369 e. The molecular formula is C30H31ClF4N8O. The zero-order valence-corrected chi connectivity index (χ0v) is 25.2. The summed E-state index contributed by atoms with van der Waals surface area (Å²) in [6, 6.07) is 11.2. The van der Waals surface area contributed by atoms with E-state index in [0.717, 1.165) is 11.0 Å². The summed E-state index contributed by atoms with van der Waals surface area (Å²) in [5.41, 5.74) is 7.28. The van der Waals surface area contributed by atoms with Gasteiger partial charge in [-0.25, -0.2) is 28.1 Å². The van der Waals surface area contributed by atoms with E-state index in [1.54, 1.807) is 42.5 Å². The van der Waals surface area contributed by atoms with Crippen molar-refractivity contribution < 1.29 is 22.4 Å². The molecule has 14 heteroatoms. The maximum atomic E-state index is 14.5. The van der Waals surface area contributed by atoms with Gasteiger partial charge in [-0.05, 0) is 47.1 Å². The number of hydrogen-bond donors (Lipinski definition) is 1. The number of guanidine groups is 1. The molecule has 1 aliphatic rings. The molecule has 1 amide bonds. The third kappa shape index (κ3) is 5.68. The summed E-state index contributed by atoms with van der Waals surface area (Å²) in [6.45, 7) is 5.09. The fourth-order valence-corrected chi connectivity index (χ4v) is 5.86. The first-order valence-corrected chi connectivity index (χ1v) is 14.2. The first-order chi connectivity index (χ1) is 20.8. The van der Waals surface area contributed by atoms with E-state index in [1.807, 2.05) is 27.7 Å². The van der Waals surface area contributed by atoms with Crippen LogP contribution >= 0.6 is 11.6 Å². The number of halogens is 5. The van der Waals surface area contributed by atoms with E-state index >= 15 is 0 Å². The second kappa shape index (κ2) is 11.7. The lowest BCUT2D eigenvalue weighted by Crippen LogP contribution is -2.46. The number of alkyl halides is 4. The highest BCUT2D eigenvalue weighted by atomic mass is 35.5. The number of carbonyl (C=O) groups is 1. The Balaban J connectivity index is 1.54. The van der Waals surface area contributed by atoms with E-state index in [-0.39, 0.29) is 28.0 Å². The van der Waals surface area contributed by atoms with Gasteiger partial charge in [0.25, 0.3) is 12.3 Å². The van der Waals surface area contributed by atoms with Gasteiger partial charge in [0.2, 0.25) is 0 Å². The molecular weight excluding hydrogens is 600 g/mol. The Labute approximate surface area is 256 Å². The summed E-state index contributed by atoms with van der Waals surface area (Å²) in [5, 5.41) is 7.80. The van der Waals surface area contributed by atoms with Gasteiger partial charge in [-0.2, -0.15) is 19.0 Å². The molecule has 2 aromatic heterocycles. The van der Waals surface area contributed by atoms with Crippen LogP contribution < -0.4 is 5.73 Å². The van der Waals surface area contributed by atoms with Crippen LogP contribution in [0.3, 0.4) is 0 Å². The first-order valence-electron chi connectivity index (χ1n) is 13.9. The lowest BCUT2D eigenvalue weighted by atomic mass is 9.75. The van der Waals surface area contributed by atoms with Crippen molar-refractivity contribution >= 4 is 23.5 Å². The van der Waals surface area contributed by atoms with Gasteiger partial charge in [0.05, 0.1) is 22.9 Å². The van der Waals surface area contributed by atoms with Crippen molar-refractivity contribution in [3.05, 3.63) is 83.2 Å². The Kier molecular flexibility index (Phi) is 8.27. The number of aromatic nitrogens is 5. The Morgan fingerprint density at radius 3 is 2.32 bits per heavy atom. The number of rotatable bonds is 9. The van der Waals surface area contributed by atoms with Crippen LogP contribution in [0.2, 0.25) is 5.02 Å². The number of nitrogens with two attached hydrogens (primary N) is 1. The van der Waals surface area contributed by atoms with Crippen LogP contribution in [-0.2, 0) is 10.3 Å². The predicted octanol–water partition coefficient (Wildman–Crippen LogP) is 7.06. The molecule has 0 saturated carbocycles.